The maximum atomic E-state index is 12.3. The minimum Gasteiger partial charge on any atom is -0.481 e. The summed E-state index contributed by atoms with van der Waals surface area (Å²) in [6, 6.07) is 6.03. The van der Waals surface area contributed by atoms with E-state index < -0.39 is 11.9 Å². The van der Waals surface area contributed by atoms with Crippen molar-refractivity contribution < 1.29 is 14.7 Å². The van der Waals surface area contributed by atoms with E-state index >= 15 is 0 Å². The Morgan fingerprint density at radius 1 is 1.45 bits per heavy atom. The van der Waals surface area contributed by atoms with E-state index in [2.05, 4.69) is 22.0 Å². The molecule has 108 valence electrons. The lowest BCUT2D eigenvalue weighted by molar-refractivity contribution is -0.150. The highest BCUT2D eigenvalue weighted by Gasteiger charge is 2.34. The van der Waals surface area contributed by atoms with Crippen LogP contribution in [0, 0.1) is 12.8 Å². The predicted octanol–water partition coefficient (Wildman–Crippen LogP) is 3.14. The summed E-state index contributed by atoms with van der Waals surface area (Å²) in [5.41, 5.74) is 2.20. The molecule has 1 aliphatic rings. The number of likely N-dealkylation sites (tertiary alicyclic amines) is 1. The molecule has 1 amide bonds. The summed E-state index contributed by atoms with van der Waals surface area (Å²) in [4.78, 5) is 25.0. The summed E-state index contributed by atoms with van der Waals surface area (Å²) >= 11 is 3.47. The number of halogens is 1. The molecule has 2 rings (SSSR count). The van der Waals surface area contributed by atoms with Crippen molar-refractivity contribution in [3.63, 3.8) is 0 Å². The first-order valence-electron chi connectivity index (χ1n) is 6.71. The van der Waals surface area contributed by atoms with Gasteiger partial charge < -0.3 is 10.0 Å². The van der Waals surface area contributed by atoms with Crippen LogP contribution in [0.3, 0.4) is 0 Å². The normalized spacial score (nSPS) is 19.9. The van der Waals surface area contributed by atoms with E-state index in [1.807, 2.05) is 19.1 Å². The van der Waals surface area contributed by atoms with Crippen molar-refractivity contribution in [2.75, 3.05) is 6.54 Å². The van der Waals surface area contributed by atoms with Crippen LogP contribution in [0.2, 0.25) is 0 Å². The molecule has 2 atom stereocenters. The number of carbonyl (C=O) groups is 2. The zero-order valence-electron chi connectivity index (χ0n) is 11.6. The van der Waals surface area contributed by atoms with Gasteiger partial charge in [-0.1, -0.05) is 28.1 Å². The smallest absolute Gasteiger partial charge is 0.315 e. The Morgan fingerprint density at radius 2 is 2.15 bits per heavy atom. The molecule has 0 saturated carbocycles. The molecule has 0 radical (unpaired) electrons. The molecular formula is C15H18BrNO3. The van der Waals surface area contributed by atoms with Crippen LogP contribution >= 0.6 is 15.9 Å². The van der Waals surface area contributed by atoms with Crippen LogP contribution in [0.1, 0.15) is 36.9 Å². The largest absolute Gasteiger partial charge is 0.481 e. The van der Waals surface area contributed by atoms with Crippen molar-refractivity contribution in [2.45, 2.75) is 32.7 Å². The van der Waals surface area contributed by atoms with Crippen LogP contribution in [0.5, 0.6) is 0 Å². The Kier molecular flexibility index (Phi) is 4.48. The summed E-state index contributed by atoms with van der Waals surface area (Å²) in [7, 11) is 0. The van der Waals surface area contributed by atoms with Crippen LogP contribution in [-0.2, 0) is 9.59 Å². The Labute approximate surface area is 126 Å². The lowest BCUT2D eigenvalue weighted by Gasteiger charge is -2.27. The number of rotatable bonds is 3. The van der Waals surface area contributed by atoms with Gasteiger partial charge in [-0.2, -0.15) is 0 Å². The van der Waals surface area contributed by atoms with Crippen LogP contribution in [0.15, 0.2) is 22.7 Å². The third-order valence-corrected chi connectivity index (χ3v) is 4.73. The van der Waals surface area contributed by atoms with Gasteiger partial charge >= 0.3 is 5.97 Å². The number of amides is 1. The van der Waals surface area contributed by atoms with Crippen molar-refractivity contribution in [1.29, 1.82) is 0 Å². The second kappa shape index (κ2) is 5.95. The molecule has 1 N–H and O–H groups in total. The van der Waals surface area contributed by atoms with E-state index in [1.54, 1.807) is 4.90 Å². The van der Waals surface area contributed by atoms with Gasteiger partial charge in [0.05, 0.1) is 6.04 Å². The fraction of sp³-hybridized carbons (Fsp3) is 0.467. The first-order chi connectivity index (χ1) is 9.41. The highest BCUT2D eigenvalue weighted by Crippen LogP contribution is 2.34. The molecule has 4 nitrogen and oxygen atoms in total. The Bertz CT molecular complexity index is 544. The molecule has 1 aliphatic heterocycles. The third kappa shape index (κ3) is 2.87. The van der Waals surface area contributed by atoms with Gasteiger partial charge in [0.1, 0.15) is 5.92 Å². The summed E-state index contributed by atoms with van der Waals surface area (Å²) in [6.07, 6.45) is 1.80. The van der Waals surface area contributed by atoms with E-state index in [4.69, 9.17) is 5.11 Å². The molecule has 5 heteroatoms. The number of benzene rings is 1. The van der Waals surface area contributed by atoms with E-state index in [0.29, 0.717) is 6.54 Å². The second-order valence-electron chi connectivity index (χ2n) is 5.26. The monoisotopic (exact) mass is 339 g/mol. The minimum absolute atomic E-state index is 0.00361. The molecule has 0 bridgehead atoms. The quantitative estimate of drug-likeness (QED) is 0.860. The van der Waals surface area contributed by atoms with Gasteiger partial charge in [-0.05, 0) is 43.9 Å². The molecule has 1 fully saturated rings. The first-order valence-corrected chi connectivity index (χ1v) is 7.50. The average Bonchev–Trinajstić information content (AvgIpc) is 2.89. The SMILES string of the molecule is Cc1cc(C2CCCN2C(=O)C(C)C(=O)O)ccc1Br. The van der Waals surface area contributed by atoms with Gasteiger partial charge in [-0.15, -0.1) is 0 Å². The number of hydrogen-bond acceptors (Lipinski definition) is 2. The number of aryl methyl sites for hydroxylation is 1. The molecule has 1 saturated heterocycles. The van der Waals surface area contributed by atoms with Gasteiger partial charge in [0, 0.05) is 11.0 Å². The lowest BCUT2D eigenvalue weighted by Crippen LogP contribution is -2.37. The molecule has 1 aromatic carbocycles. The maximum Gasteiger partial charge on any atom is 0.315 e. The number of carboxylic acids is 1. The van der Waals surface area contributed by atoms with E-state index in [0.717, 1.165) is 28.4 Å². The fourth-order valence-electron chi connectivity index (χ4n) is 2.61. The minimum atomic E-state index is -1.06. The van der Waals surface area contributed by atoms with Crippen LogP contribution in [0.4, 0.5) is 0 Å². The van der Waals surface area contributed by atoms with Gasteiger partial charge in [0.2, 0.25) is 5.91 Å². The van der Waals surface area contributed by atoms with E-state index in [-0.39, 0.29) is 11.9 Å². The van der Waals surface area contributed by atoms with Crippen LogP contribution < -0.4 is 0 Å². The van der Waals surface area contributed by atoms with Crippen molar-refractivity contribution >= 4 is 27.8 Å². The van der Waals surface area contributed by atoms with Crippen molar-refractivity contribution in [3.05, 3.63) is 33.8 Å². The number of carboxylic acid groups (broad SMARTS) is 1. The van der Waals surface area contributed by atoms with Gasteiger partial charge in [-0.25, -0.2) is 0 Å². The topological polar surface area (TPSA) is 57.6 Å². The highest BCUT2D eigenvalue weighted by molar-refractivity contribution is 9.10. The molecular weight excluding hydrogens is 322 g/mol. The average molecular weight is 340 g/mol. The Balaban J connectivity index is 2.24. The molecule has 0 aromatic heterocycles. The Hall–Kier alpha value is -1.36. The molecule has 0 spiro atoms. The van der Waals surface area contributed by atoms with Gasteiger partial charge in [0.15, 0.2) is 0 Å². The summed E-state index contributed by atoms with van der Waals surface area (Å²) in [6.45, 7) is 4.09. The van der Waals surface area contributed by atoms with Gasteiger partial charge in [0.25, 0.3) is 0 Å². The van der Waals surface area contributed by atoms with E-state index in [1.165, 1.54) is 6.92 Å². The number of nitrogens with zero attached hydrogens (tertiary/aromatic N) is 1. The Morgan fingerprint density at radius 3 is 2.75 bits per heavy atom. The standard InChI is InChI=1S/C15H18BrNO3/c1-9-8-11(5-6-12(9)16)13-4-3-7-17(13)14(18)10(2)15(19)20/h5-6,8,10,13H,3-4,7H2,1-2H3,(H,19,20). The zero-order valence-corrected chi connectivity index (χ0v) is 13.2. The van der Waals surface area contributed by atoms with E-state index in [9.17, 15) is 9.59 Å². The molecule has 20 heavy (non-hydrogen) atoms. The molecule has 1 aromatic rings. The number of hydrogen-bond donors (Lipinski definition) is 1. The molecule has 1 heterocycles. The zero-order chi connectivity index (χ0) is 14.9. The lowest BCUT2D eigenvalue weighted by atomic mass is 10.0. The van der Waals surface area contributed by atoms with Crippen molar-refractivity contribution in [1.82, 2.24) is 4.90 Å². The van der Waals surface area contributed by atoms with Crippen LogP contribution in [0.25, 0.3) is 0 Å². The highest BCUT2D eigenvalue weighted by atomic mass is 79.9. The second-order valence-corrected chi connectivity index (χ2v) is 6.11. The van der Waals surface area contributed by atoms with Crippen molar-refractivity contribution in [3.8, 4) is 0 Å². The predicted molar refractivity (Wildman–Crippen MR) is 79.4 cm³/mol. The fourth-order valence-corrected chi connectivity index (χ4v) is 2.85. The molecule has 0 aliphatic carbocycles. The summed E-state index contributed by atoms with van der Waals surface area (Å²) in [5, 5.41) is 9.00. The first kappa shape index (κ1) is 15.0. The summed E-state index contributed by atoms with van der Waals surface area (Å²) < 4.78 is 1.04. The third-order valence-electron chi connectivity index (χ3n) is 3.84. The number of aliphatic carboxylic acids is 1. The summed E-state index contributed by atoms with van der Waals surface area (Å²) in [5.74, 6) is -2.33. The molecule has 2 unspecified atom stereocenters. The van der Waals surface area contributed by atoms with Crippen LogP contribution in [-0.4, -0.2) is 28.4 Å². The van der Waals surface area contributed by atoms with Crippen molar-refractivity contribution in [2.24, 2.45) is 5.92 Å². The van der Waals surface area contributed by atoms with Gasteiger partial charge in [-0.3, -0.25) is 9.59 Å². The number of carbonyl (C=O) groups excluding carboxylic acids is 1. The maximum absolute atomic E-state index is 12.3.